The quantitative estimate of drug-likeness (QED) is 0.793. The Balaban J connectivity index is 1.87. The largest absolute Gasteiger partial charge is 0.396 e. The molecule has 126 valence electrons. The van der Waals surface area contributed by atoms with Gasteiger partial charge in [-0.3, -0.25) is 4.79 Å². The highest BCUT2D eigenvalue weighted by Gasteiger charge is 2.42. The Labute approximate surface area is 151 Å². The molecule has 0 spiro atoms. The van der Waals surface area contributed by atoms with E-state index >= 15 is 0 Å². The first-order valence-electron chi connectivity index (χ1n) is 7.95. The highest BCUT2D eigenvalue weighted by molar-refractivity contribution is 6.42. The summed E-state index contributed by atoms with van der Waals surface area (Å²) in [6, 6.07) is 14.6. The molecule has 1 fully saturated rings. The standard InChI is InChI=1S/C19H19Cl2NO2/c20-15-7-6-14(10-16(15)21)19(8-9-23)11-17(22-12-19)18(24)13-4-2-1-3-5-13/h1-7,10,17,22-23H,8-9,11-12H2. The summed E-state index contributed by atoms with van der Waals surface area (Å²) in [4.78, 5) is 12.7. The minimum atomic E-state index is -0.321. The number of benzene rings is 2. The van der Waals surface area contributed by atoms with Crippen LogP contribution in [0.25, 0.3) is 0 Å². The maximum atomic E-state index is 12.7. The minimum absolute atomic E-state index is 0.0498. The van der Waals surface area contributed by atoms with Gasteiger partial charge in [-0.05, 0) is 30.5 Å². The summed E-state index contributed by atoms with van der Waals surface area (Å²) in [5, 5.41) is 13.9. The van der Waals surface area contributed by atoms with Gasteiger partial charge in [0.05, 0.1) is 16.1 Å². The van der Waals surface area contributed by atoms with Crippen molar-refractivity contribution in [3.63, 3.8) is 0 Å². The lowest BCUT2D eigenvalue weighted by molar-refractivity contribution is 0.0948. The van der Waals surface area contributed by atoms with E-state index in [9.17, 15) is 9.90 Å². The number of nitrogens with one attached hydrogen (secondary N) is 1. The highest BCUT2D eigenvalue weighted by atomic mass is 35.5. The number of aliphatic hydroxyl groups is 1. The van der Waals surface area contributed by atoms with Crippen LogP contribution in [0.1, 0.15) is 28.8 Å². The van der Waals surface area contributed by atoms with Crippen molar-refractivity contribution in [2.24, 2.45) is 0 Å². The topological polar surface area (TPSA) is 49.3 Å². The van der Waals surface area contributed by atoms with Gasteiger partial charge in [-0.25, -0.2) is 0 Å². The number of aliphatic hydroxyl groups excluding tert-OH is 1. The zero-order valence-corrected chi connectivity index (χ0v) is 14.6. The smallest absolute Gasteiger partial charge is 0.179 e. The summed E-state index contributed by atoms with van der Waals surface area (Å²) >= 11 is 12.2. The Kier molecular flexibility index (Phi) is 5.26. The van der Waals surface area contributed by atoms with Crippen LogP contribution < -0.4 is 5.32 Å². The zero-order valence-electron chi connectivity index (χ0n) is 13.1. The molecule has 1 heterocycles. The predicted octanol–water partition coefficient (Wildman–Crippen LogP) is 3.86. The average Bonchev–Trinajstić information content (AvgIpc) is 3.03. The molecule has 2 aromatic carbocycles. The molecule has 1 saturated heterocycles. The Morgan fingerprint density at radius 1 is 1.17 bits per heavy atom. The summed E-state index contributed by atoms with van der Waals surface area (Å²) in [5.41, 5.74) is 1.38. The number of halogens is 2. The maximum Gasteiger partial charge on any atom is 0.179 e. The third kappa shape index (κ3) is 3.35. The lowest BCUT2D eigenvalue weighted by Gasteiger charge is -2.28. The van der Waals surface area contributed by atoms with E-state index in [1.807, 2.05) is 42.5 Å². The third-order valence-corrected chi connectivity index (χ3v) is 5.52. The van der Waals surface area contributed by atoms with Gasteiger partial charge in [0.15, 0.2) is 5.78 Å². The van der Waals surface area contributed by atoms with Crippen molar-refractivity contribution in [1.82, 2.24) is 5.32 Å². The fourth-order valence-electron chi connectivity index (χ4n) is 3.44. The molecule has 2 aromatic rings. The van der Waals surface area contributed by atoms with Crippen LogP contribution in [0.5, 0.6) is 0 Å². The first kappa shape index (κ1) is 17.4. The van der Waals surface area contributed by atoms with Gasteiger partial charge in [-0.15, -0.1) is 0 Å². The van der Waals surface area contributed by atoms with Gasteiger partial charge in [-0.1, -0.05) is 59.6 Å². The zero-order chi connectivity index (χ0) is 17.2. The van der Waals surface area contributed by atoms with Gasteiger partial charge < -0.3 is 10.4 Å². The summed E-state index contributed by atoms with van der Waals surface area (Å²) < 4.78 is 0. The van der Waals surface area contributed by atoms with Crippen LogP contribution in [-0.2, 0) is 5.41 Å². The second-order valence-electron chi connectivity index (χ2n) is 6.25. The van der Waals surface area contributed by atoms with Crippen LogP contribution in [0, 0.1) is 0 Å². The normalized spacial score (nSPS) is 23.4. The molecule has 0 amide bonds. The molecule has 2 N–H and O–H groups in total. The van der Waals surface area contributed by atoms with E-state index in [1.165, 1.54) is 0 Å². The van der Waals surface area contributed by atoms with Gasteiger partial charge in [-0.2, -0.15) is 0 Å². The minimum Gasteiger partial charge on any atom is -0.396 e. The summed E-state index contributed by atoms with van der Waals surface area (Å²) in [6.07, 6.45) is 1.19. The predicted molar refractivity (Wildman–Crippen MR) is 97.0 cm³/mol. The fourth-order valence-corrected chi connectivity index (χ4v) is 3.74. The molecule has 3 nitrogen and oxygen atoms in total. The number of hydrogen-bond donors (Lipinski definition) is 2. The van der Waals surface area contributed by atoms with Crippen molar-refractivity contribution in [1.29, 1.82) is 0 Å². The van der Waals surface area contributed by atoms with Crippen LogP contribution in [0.3, 0.4) is 0 Å². The molecule has 0 radical (unpaired) electrons. The number of Topliss-reactive ketones (excluding diaryl/α,β-unsaturated/α-hetero) is 1. The van der Waals surface area contributed by atoms with Crippen LogP contribution in [-0.4, -0.2) is 30.1 Å². The summed E-state index contributed by atoms with van der Waals surface area (Å²) in [5.74, 6) is 0.0791. The monoisotopic (exact) mass is 363 g/mol. The first-order chi connectivity index (χ1) is 11.6. The average molecular weight is 364 g/mol. The number of ketones is 1. The van der Waals surface area contributed by atoms with Gasteiger partial charge >= 0.3 is 0 Å². The van der Waals surface area contributed by atoms with Crippen molar-refractivity contribution < 1.29 is 9.90 Å². The van der Waals surface area contributed by atoms with E-state index in [1.54, 1.807) is 6.07 Å². The van der Waals surface area contributed by atoms with E-state index < -0.39 is 0 Å². The van der Waals surface area contributed by atoms with Crippen LogP contribution in [0.4, 0.5) is 0 Å². The van der Waals surface area contributed by atoms with Crippen LogP contribution in [0.15, 0.2) is 48.5 Å². The van der Waals surface area contributed by atoms with Gasteiger partial charge in [0.2, 0.25) is 0 Å². The Bertz CT molecular complexity index is 735. The first-order valence-corrected chi connectivity index (χ1v) is 8.70. The molecule has 2 atom stereocenters. The van der Waals surface area contributed by atoms with E-state index in [0.717, 1.165) is 5.56 Å². The molecule has 2 unspecified atom stereocenters. The number of rotatable bonds is 5. The summed E-state index contributed by atoms with van der Waals surface area (Å²) in [7, 11) is 0. The lowest BCUT2D eigenvalue weighted by Crippen LogP contribution is -2.30. The molecule has 3 rings (SSSR count). The van der Waals surface area contributed by atoms with Crippen molar-refractivity contribution in [3.05, 3.63) is 69.7 Å². The Morgan fingerprint density at radius 3 is 2.58 bits per heavy atom. The molecule has 0 bridgehead atoms. The van der Waals surface area contributed by atoms with E-state index in [0.29, 0.717) is 35.0 Å². The third-order valence-electron chi connectivity index (χ3n) is 4.78. The Morgan fingerprint density at radius 2 is 1.92 bits per heavy atom. The molecule has 1 aliphatic rings. The highest BCUT2D eigenvalue weighted by Crippen LogP contribution is 2.39. The van der Waals surface area contributed by atoms with Crippen molar-refractivity contribution in [2.75, 3.05) is 13.2 Å². The molecule has 24 heavy (non-hydrogen) atoms. The lowest BCUT2D eigenvalue weighted by atomic mass is 9.75. The van der Waals surface area contributed by atoms with E-state index in [-0.39, 0.29) is 23.8 Å². The number of hydrogen-bond acceptors (Lipinski definition) is 3. The van der Waals surface area contributed by atoms with E-state index in [4.69, 9.17) is 23.2 Å². The molecular formula is C19H19Cl2NO2. The number of carbonyl (C=O) groups excluding carboxylic acids is 1. The van der Waals surface area contributed by atoms with Crippen molar-refractivity contribution in [2.45, 2.75) is 24.3 Å². The molecule has 0 aliphatic carbocycles. The number of carbonyl (C=O) groups is 1. The van der Waals surface area contributed by atoms with E-state index in [2.05, 4.69) is 5.32 Å². The van der Waals surface area contributed by atoms with Gasteiger partial charge in [0.25, 0.3) is 0 Å². The molecule has 0 aromatic heterocycles. The molecular weight excluding hydrogens is 345 g/mol. The van der Waals surface area contributed by atoms with Crippen LogP contribution in [0.2, 0.25) is 10.0 Å². The maximum absolute atomic E-state index is 12.7. The second-order valence-corrected chi connectivity index (χ2v) is 7.07. The molecule has 5 heteroatoms. The molecule has 0 saturated carbocycles. The van der Waals surface area contributed by atoms with Crippen molar-refractivity contribution >= 4 is 29.0 Å². The van der Waals surface area contributed by atoms with Gasteiger partial charge in [0.1, 0.15) is 0 Å². The second kappa shape index (κ2) is 7.24. The summed E-state index contributed by atoms with van der Waals surface area (Å²) in [6.45, 7) is 0.670. The van der Waals surface area contributed by atoms with Crippen LogP contribution >= 0.6 is 23.2 Å². The molecule has 1 aliphatic heterocycles. The fraction of sp³-hybridized carbons (Fsp3) is 0.316. The SMILES string of the molecule is O=C(c1ccccc1)C1CC(CCO)(c2ccc(Cl)c(Cl)c2)CN1. The van der Waals surface area contributed by atoms with Gasteiger partial charge in [0, 0.05) is 24.1 Å². The Hall–Kier alpha value is -1.39. The van der Waals surface area contributed by atoms with Crippen molar-refractivity contribution in [3.8, 4) is 0 Å².